The van der Waals surface area contributed by atoms with Crippen LogP contribution in [-0.4, -0.2) is 109 Å². The van der Waals surface area contributed by atoms with Gasteiger partial charge in [-0.3, -0.25) is 34.2 Å². The van der Waals surface area contributed by atoms with E-state index in [0.29, 0.717) is 49.0 Å². The van der Waals surface area contributed by atoms with Crippen LogP contribution in [0.15, 0.2) is 41.3 Å². The average molecular weight is 794 g/mol. The topological polar surface area (TPSA) is 163 Å². The Balaban J connectivity index is 0.857. The van der Waals surface area contributed by atoms with Crippen molar-refractivity contribution in [2.24, 2.45) is 18.4 Å². The standard InChI is InChI=1S/C43H51N7O8/c1-46(2)22-33-35(57-4)16-26(17-36(33)58-5)31-23-47(3)39(53)32-24-49(13-10-28(31)32)42(56)44-21-25-19-43(20-25)11-14-48(15-12-43)27-6-7-29-30(18-27)41(55)50(40(29)54)34-8-9-37(51)45-38(34)52/h6-7,16-18,23,25,34H,8-15,19-22,24H2,1-5H3,(H,44,56)(H,45,51,52). The molecule has 2 aromatic carbocycles. The van der Waals surface area contributed by atoms with E-state index in [-0.39, 0.29) is 47.5 Å². The lowest BCUT2D eigenvalue weighted by Crippen LogP contribution is -2.54. The van der Waals surface area contributed by atoms with E-state index in [1.807, 2.05) is 38.5 Å². The highest BCUT2D eigenvalue weighted by Gasteiger charge is 2.47. The van der Waals surface area contributed by atoms with Crippen LogP contribution in [0.25, 0.3) is 11.1 Å². The molecule has 3 fully saturated rings. The van der Waals surface area contributed by atoms with Crippen molar-refractivity contribution in [3.63, 3.8) is 0 Å². The number of amides is 6. The van der Waals surface area contributed by atoms with Gasteiger partial charge in [-0.1, -0.05) is 0 Å². The number of anilines is 1. The molecule has 1 unspecified atom stereocenters. The number of ether oxygens (including phenoxy) is 2. The third-order valence-corrected chi connectivity index (χ3v) is 12.8. The number of imide groups is 2. The second-order valence-electron chi connectivity index (χ2n) is 16.8. The number of aromatic nitrogens is 1. The summed E-state index contributed by atoms with van der Waals surface area (Å²) >= 11 is 0. The van der Waals surface area contributed by atoms with Crippen LogP contribution in [-0.2, 0) is 36.1 Å². The Morgan fingerprint density at radius 1 is 0.897 bits per heavy atom. The van der Waals surface area contributed by atoms with Crippen LogP contribution in [0.2, 0.25) is 0 Å². The number of carbonyl (C=O) groups is 5. The SMILES string of the molecule is COc1cc(-c2cn(C)c(=O)c3c2CCN(C(=O)NCC2CC4(CCN(c5ccc6c(c5)C(=O)N(C5CCC(=O)NC5=O)C6=O)CC4)C2)C3)cc(OC)c1CN(C)C. The fourth-order valence-corrected chi connectivity index (χ4v) is 9.79. The summed E-state index contributed by atoms with van der Waals surface area (Å²) in [6.45, 7) is 3.56. The molecule has 5 heterocycles. The first-order valence-electron chi connectivity index (χ1n) is 20.0. The van der Waals surface area contributed by atoms with Crippen molar-refractivity contribution in [1.82, 2.24) is 29.9 Å². The van der Waals surface area contributed by atoms with Crippen molar-refractivity contribution in [2.45, 2.75) is 64.1 Å². The van der Waals surface area contributed by atoms with E-state index in [2.05, 4.69) is 20.4 Å². The molecule has 2 N–H and O–H groups in total. The van der Waals surface area contributed by atoms with Gasteiger partial charge in [-0.2, -0.15) is 0 Å². The fourth-order valence-electron chi connectivity index (χ4n) is 9.79. The summed E-state index contributed by atoms with van der Waals surface area (Å²) in [4.78, 5) is 84.6. The number of carbonyl (C=O) groups excluding carboxylic acids is 5. The first-order valence-corrected chi connectivity index (χ1v) is 20.0. The Hall–Kier alpha value is -5.70. The van der Waals surface area contributed by atoms with E-state index in [0.717, 1.165) is 71.6 Å². The van der Waals surface area contributed by atoms with Gasteiger partial charge in [-0.15, -0.1) is 0 Å². The van der Waals surface area contributed by atoms with Crippen LogP contribution in [0, 0.1) is 11.3 Å². The molecule has 0 bridgehead atoms. The Morgan fingerprint density at radius 2 is 1.59 bits per heavy atom. The highest BCUT2D eigenvalue weighted by Crippen LogP contribution is 2.53. The van der Waals surface area contributed by atoms with Crippen molar-refractivity contribution < 1.29 is 33.4 Å². The maximum Gasteiger partial charge on any atom is 0.317 e. The zero-order valence-corrected chi connectivity index (χ0v) is 33.8. The molecule has 306 valence electrons. The Morgan fingerprint density at radius 3 is 2.24 bits per heavy atom. The monoisotopic (exact) mass is 793 g/mol. The predicted molar refractivity (Wildman–Crippen MR) is 215 cm³/mol. The van der Waals surface area contributed by atoms with Crippen LogP contribution >= 0.6 is 0 Å². The molecule has 1 atom stereocenters. The maximum absolute atomic E-state index is 13.5. The minimum atomic E-state index is -0.989. The number of fused-ring (bicyclic) bond motifs is 2. The van der Waals surface area contributed by atoms with Crippen LogP contribution in [0.4, 0.5) is 10.5 Å². The summed E-state index contributed by atoms with van der Waals surface area (Å²) in [5.41, 5.74) is 5.85. The number of benzene rings is 2. The summed E-state index contributed by atoms with van der Waals surface area (Å²) < 4.78 is 13.2. The minimum Gasteiger partial charge on any atom is -0.496 e. The molecule has 4 aliphatic heterocycles. The zero-order chi connectivity index (χ0) is 41.0. The molecule has 1 spiro atoms. The number of urea groups is 1. The van der Waals surface area contributed by atoms with Crippen molar-refractivity contribution in [3.05, 3.63) is 74.7 Å². The van der Waals surface area contributed by atoms with Crippen molar-refractivity contribution in [3.8, 4) is 22.6 Å². The molecule has 15 nitrogen and oxygen atoms in total. The Bertz CT molecular complexity index is 2240. The van der Waals surface area contributed by atoms with E-state index in [1.54, 1.807) is 42.9 Å². The number of hydrogen-bond acceptors (Lipinski definition) is 10. The summed E-state index contributed by atoms with van der Waals surface area (Å²) in [5.74, 6) is -0.236. The Labute approximate surface area is 337 Å². The number of rotatable bonds is 9. The van der Waals surface area contributed by atoms with Gasteiger partial charge in [0.25, 0.3) is 17.4 Å². The van der Waals surface area contributed by atoms with Gasteiger partial charge in [-0.05, 0) is 105 Å². The van der Waals surface area contributed by atoms with Crippen molar-refractivity contribution in [1.29, 1.82) is 0 Å². The summed E-state index contributed by atoms with van der Waals surface area (Å²) in [6, 6.07) is 8.13. The van der Waals surface area contributed by atoms with Gasteiger partial charge in [0.05, 0.1) is 37.5 Å². The lowest BCUT2D eigenvalue weighted by molar-refractivity contribution is -0.136. The largest absolute Gasteiger partial charge is 0.496 e. The third kappa shape index (κ3) is 6.98. The van der Waals surface area contributed by atoms with E-state index in [4.69, 9.17) is 9.47 Å². The van der Waals surface area contributed by atoms with Gasteiger partial charge in [0, 0.05) is 69.2 Å². The number of aryl methyl sites for hydroxylation is 1. The number of pyridine rings is 1. The molecule has 3 aromatic rings. The molecular formula is C43H51N7O8. The van der Waals surface area contributed by atoms with Gasteiger partial charge in [0.2, 0.25) is 11.8 Å². The van der Waals surface area contributed by atoms with E-state index in [9.17, 15) is 28.8 Å². The molecule has 15 heteroatoms. The molecule has 1 aromatic heterocycles. The van der Waals surface area contributed by atoms with Crippen molar-refractivity contribution >= 4 is 35.3 Å². The number of hydrogen-bond donors (Lipinski definition) is 2. The second-order valence-corrected chi connectivity index (χ2v) is 16.8. The highest BCUT2D eigenvalue weighted by atomic mass is 16.5. The molecule has 2 saturated heterocycles. The zero-order valence-electron chi connectivity index (χ0n) is 33.8. The lowest BCUT2D eigenvalue weighted by Gasteiger charge is -2.53. The van der Waals surface area contributed by atoms with Crippen molar-refractivity contribution in [2.75, 3.05) is 59.4 Å². The van der Waals surface area contributed by atoms with E-state index < -0.39 is 29.7 Å². The summed E-state index contributed by atoms with van der Waals surface area (Å²) in [7, 11) is 9.01. The Kier molecular flexibility index (Phi) is 10.3. The molecule has 58 heavy (non-hydrogen) atoms. The minimum absolute atomic E-state index is 0.0797. The van der Waals surface area contributed by atoms with Gasteiger partial charge in [-0.25, -0.2) is 4.79 Å². The average Bonchev–Trinajstić information content (AvgIpc) is 3.45. The molecule has 5 aliphatic rings. The van der Waals surface area contributed by atoms with Crippen LogP contribution in [0.5, 0.6) is 11.5 Å². The molecule has 1 aliphatic carbocycles. The first-order chi connectivity index (χ1) is 27.8. The van der Waals surface area contributed by atoms with Crippen LogP contribution in [0.1, 0.15) is 75.9 Å². The molecule has 8 rings (SSSR count). The molecule has 6 amide bonds. The molecular weight excluding hydrogens is 743 g/mol. The first kappa shape index (κ1) is 39.1. The summed E-state index contributed by atoms with van der Waals surface area (Å²) in [5, 5.41) is 5.40. The maximum atomic E-state index is 13.5. The molecule has 1 saturated carbocycles. The fraction of sp³-hybridized carbons (Fsp3) is 0.488. The predicted octanol–water partition coefficient (Wildman–Crippen LogP) is 3.30. The van der Waals surface area contributed by atoms with Crippen LogP contribution in [0.3, 0.4) is 0 Å². The van der Waals surface area contributed by atoms with E-state index in [1.165, 1.54) is 0 Å². The van der Waals surface area contributed by atoms with Crippen LogP contribution < -0.4 is 30.6 Å². The highest BCUT2D eigenvalue weighted by molar-refractivity contribution is 6.23. The van der Waals surface area contributed by atoms with Gasteiger partial charge < -0.3 is 34.1 Å². The summed E-state index contributed by atoms with van der Waals surface area (Å²) in [6.07, 6.45) is 6.62. The van der Waals surface area contributed by atoms with Gasteiger partial charge in [0.1, 0.15) is 17.5 Å². The normalized spacial score (nSPS) is 20.2. The van der Waals surface area contributed by atoms with Gasteiger partial charge >= 0.3 is 6.03 Å². The van der Waals surface area contributed by atoms with E-state index >= 15 is 0 Å². The number of methoxy groups -OCH3 is 2. The number of piperidine rings is 2. The number of nitrogens with one attached hydrogen (secondary N) is 2. The number of nitrogens with zero attached hydrogens (tertiary/aromatic N) is 5. The quantitative estimate of drug-likeness (QED) is 0.308. The second kappa shape index (κ2) is 15.2. The third-order valence-electron chi connectivity index (χ3n) is 12.8. The lowest BCUT2D eigenvalue weighted by atomic mass is 9.57. The smallest absolute Gasteiger partial charge is 0.317 e. The molecule has 0 radical (unpaired) electrons. The van der Waals surface area contributed by atoms with Gasteiger partial charge in [0.15, 0.2) is 0 Å².